The van der Waals surface area contributed by atoms with Gasteiger partial charge in [-0.1, -0.05) is 28.1 Å². The molecule has 0 atom stereocenters. The van der Waals surface area contributed by atoms with Crippen molar-refractivity contribution < 1.29 is 0 Å². The lowest BCUT2D eigenvalue weighted by atomic mass is 10.1. The predicted octanol–water partition coefficient (Wildman–Crippen LogP) is 4.28. The van der Waals surface area contributed by atoms with Gasteiger partial charge in [0.05, 0.1) is 11.4 Å². The molecule has 94 valence electrons. The van der Waals surface area contributed by atoms with Gasteiger partial charge in [-0.05, 0) is 43.2 Å². The van der Waals surface area contributed by atoms with Crippen LogP contribution in [0.15, 0.2) is 34.8 Å². The van der Waals surface area contributed by atoms with Crippen LogP contribution >= 0.6 is 15.9 Å². The van der Waals surface area contributed by atoms with Crippen molar-refractivity contribution in [2.45, 2.75) is 20.3 Å². The van der Waals surface area contributed by atoms with Crippen molar-refractivity contribution in [1.29, 1.82) is 0 Å². The fraction of sp³-hybridized carbons (Fsp3) is 0.188. The number of pyridine rings is 1. The van der Waals surface area contributed by atoms with Crippen molar-refractivity contribution in [3.8, 4) is 11.3 Å². The lowest BCUT2D eigenvalue weighted by molar-refractivity contribution is 1.08. The molecule has 1 aliphatic rings. The van der Waals surface area contributed by atoms with E-state index in [4.69, 9.17) is 4.98 Å². The first-order chi connectivity index (χ1) is 9.15. The Balaban J connectivity index is 2.14. The first kappa shape index (κ1) is 11.2. The zero-order chi connectivity index (χ0) is 13.1. The van der Waals surface area contributed by atoms with Gasteiger partial charge in [0, 0.05) is 22.2 Å². The SMILES string of the molecule is Cc1cc(C)n2c3c(nc2c1)Cc1c(Br)cccc1-3. The van der Waals surface area contributed by atoms with Gasteiger partial charge in [-0.15, -0.1) is 0 Å². The largest absolute Gasteiger partial charge is 0.297 e. The Morgan fingerprint density at radius 1 is 1.21 bits per heavy atom. The van der Waals surface area contributed by atoms with Crippen LogP contribution in [0.4, 0.5) is 0 Å². The van der Waals surface area contributed by atoms with Crippen molar-refractivity contribution in [3.63, 3.8) is 0 Å². The van der Waals surface area contributed by atoms with E-state index in [0.717, 1.165) is 12.1 Å². The zero-order valence-electron chi connectivity index (χ0n) is 10.9. The highest BCUT2D eigenvalue weighted by atomic mass is 79.9. The summed E-state index contributed by atoms with van der Waals surface area (Å²) < 4.78 is 3.46. The Morgan fingerprint density at radius 2 is 2.05 bits per heavy atom. The second-order valence-corrected chi connectivity index (χ2v) is 6.07. The van der Waals surface area contributed by atoms with Crippen LogP contribution in [-0.4, -0.2) is 9.38 Å². The smallest absolute Gasteiger partial charge is 0.138 e. The van der Waals surface area contributed by atoms with Gasteiger partial charge in [0.25, 0.3) is 0 Å². The molecule has 3 heteroatoms. The molecule has 0 saturated heterocycles. The van der Waals surface area contributed by atoms with Gasteiger partial charge in [-0.25, -0.2) is 4.98 Å². The Hall–Kier alpha value is -1.61. The summed E-state index contributed by atoms with van der Waals surface area (Å²) in [5.41, 5.74) is 8.70. The Morgan fingerprint density at radius 3 is 2.89 bits per heavy atom. The summed E-state index contributed by atoms with van der Waals surface area (Å²) in [6.07, 6.45) is 0.923. The van der Waals surface area contributed by atoms with Crippen LogP contribution < -0.4 is 0 Å². The first-order valence-electron chi connectivity index (χ1n) is 6.41. The minimum Gasteiger partial charge on any atom is -0.297 e. The molecular formula is C16H13BrN2. The molecule has 0 fully saturated rings. The van der Waals surface area contributed by atoms with Crippen LogP contribution in [0.3, 0.4) is 0 Å². The number of aromatic nitrogens is 2. The summed E-state index contributed by atoms with van der Waals surface area (Å²) in [7, 11) is 0. The van der Waals surface area contributed by atoms with Crippen LogP contribution in [0.2, 0.25) is 0 Å². The monoisotopic (exact) mass is 312 g/mol. The van der Waals surface area contributed by atoms with Gasteiger partial charge in [0.1, 0.15) is 5.65 Å². The molecule has 0 bridgehead atoms. The van der Waals surface area contributed by atoms with E-state index < -0.39 is 0 Å². The zero-order valence-corrected chi connectivity index (χ0v) is 12.5. The number of benzene rings is 1. The van der Waals surface area contributed by atoms with Gasteiger partial charge < -0.3 is 0 Å². The average Bonchev–Trinajstić information content (AvgIpc) is 2.85. The maximum atomic E-state index is 4.81. The van der Waals surface area contributed by atoms with Gasteiger partial charge >= 0.3 is 0 Å². The Labute approximate surface area is 120 Å². The molecule has 2 heterocycles. The molecule has 0 spiro atoms. The maximum absolute atomic E-state index is 4.81. The number of fused-ring (bicyclic) bond motifs is 5. The standard InChI is InChI=1S/C16H13BrN2/c1-9-6-10(2)19-15(7-9)18-14-8-12-11(16(14)19)4-3-5-13(12)17/h3-7H,8H2,1-2H3. The molecular weight excluding hydrogens is 300 g/mol. The van der Waals surface area contributed by atoms with Gasteiger partial charge in [-0.3, -0.25) is 4.40 Å². The summed E-state index contributed by atoms with van der Waals surface area (Å²) in [5.74, 6) is 0. The van der Waals surface area contributed by atoms with Crippen LogP contribution in [-0.2, 0) is 6.42 Å². The third-order valence-electron chi connectivity index (χ3n) is 3.84. The first-order valence-corrected chi connectivity index (χ1v) is 7.21. The molecule has 3 aromatic rings. The van der Waals surface area contributed by atoms with Crippen molar-refractivity contribution >= 4 is 21.6 Å². The van der Waals surface area contributed by atoms with Crippen molar-refractivity contribution in [3.05, 3.63) is 57.3 Å². The van der Waals surface area contributed by atoms with Gasteiger partial charge in [-0.2, -0.15) is 0 Å². The fourth-order valence-electron chi connectivity index (χ4n) is 3.10. The number of imidazole rings is 1. The van der Waals surface area contributed by atoms with Gasteiger partial charge in [0.15, 0.2) is 0 Å². The van der Waals surface area contributed by atoms with Crippen LogP contribution in [0.5, 0.6) is 0 Å². The molecule has 0 unspecified atom stereocenters. The van der Waals surface area contributed by atoms with E-state index in [-0.39, 0.29) is 0 Å². The van der Waals surface area contributed by atoms with Crippen molar-refractivity contribution in [1.82, 2.24) is 9.38 Å². The van der Waals surface area contributed by atoms with E-state index in [9.17, 15) is 0 Å². The van der Waals surface area contributed by atoms with Gasteiger partial charge in [0.2, 0.25) is 0 Å². The van der Waals surface area contributed by atoms with E-state index in [1.54, 1.807) is 0 Å². The molecule has 0 saturated carbocycles. The molecule has 1 aliphatic carbocycles. The summed E-state index contributed by atoms with van der Waals surface area (Å²) >= 11 is 3.65. The quantitative estimate of drug-likeness (QED) is 0.473. The van der Waals surface area contributed by atoms with Crippen LogP contribution in [0.25, 0.3) is 16.9 Å². The third kappa shape index (κ3) is 1.45. The van der Waals surface area contributed by atoms with E-state index in [1.165, 1.54) is 38.2 Å². The molecule has 0 amide bonds. The summed E-state index contributed by atoms with van der Waals surface area (Å²) in [6.45, 7) is 4.27. The normalized spacial score (nSPS) is 12.8. The topological polar surface area (TPSA) is 17.3 Å². The number of hydrogen-bond donors (Lipinski definition) is 0. The van der Waals surface area contributed by atoms with Crippen LogP contribution in [0.1, 0.15) is 22.5 Å². The minimum atomic E-state index is 0.923. The number of hydrogen-bond acceptors (Lipinski definition) is 1. The van der Waals surface area contributed by atoms with E-state index in [0.29, 0.717) is 0 Å². The summed E-state index contributed by atoms with van der Waals surface area (Å²) in [4.78, 5) is 4.81. The number of aryl methyl sites for hydroxylation is 2. The summed E-state index contributed by atoms with van der Waals surface area (Å²) in [6, 6.07) is 10.8. The number of rotatable bonds is 0. The maximum Gasteiger partial charge on any atom is 0.138 e. The summed E-state index contributed by atoms with van der Waals surface area (Å²) in [5, 5.41) is 0. The van der Waals surface area contributed by atoms with E-state index in [2.05, 4.69) is 64.5 Å². The Kier molecular flexibility index (Phi) is 2.19. The van der Waals surface area contributed by atoms with Crippen LogP contribution in [0, 0.1) is 13.8 Å². The highest BCUT2D eigenvalue weighted by Crippen LogP contribution is 2.40. The molecule has 4 rings (SSSR count). The highest BCUT2D eigenvalue weighted by Gasteiger charge is 2.26. The molecule has 1 aromatic carbocycles. The molecule has 0 aliphatic heterocycles. The van der Waals surface area contributed by atoms with E-state index in [1.807, 2.05) is 0 Å². The van der Waals surface area contributed by atoms with E-state index >= 15 is 0 Å². The highest BCUT2D eigenvalue weighted by molar-refractivity contribution is 9.10. The minimum absolute atomic E-state index is 0.923. The third-order valence-corrected chi connectivity index (χ3v) is 4.58. The van der Waals surface area contributed by atoms with Crippen molar-refractivity contribution in [2.75, 3.05) is 0 Å². The molecule has 19 heavy (non-hydrogen) atoms. The average molecular weight is 313 g/mol. The lowest BCUT2D eigenvalue weighted by Gasteiger charge is -2.07. The number of halogens is 1. The fourth-order valence-corrected chi connectivity index (χ4v) is 3.61. The van der Waals surface area contributed by atoms with Crippen molar-refractivity contribution in [2.24, 2.45) is 0 Å². The Bertz CT molecular complexity index is 830. The predicted molar refractivity (Wildman–Crippen MR) is 80.6 cm³/mol. The number of nitrogens with zero attached hydrogens (tertiary/aromatic N) is 2. The molecule has 2 nitrogen and oxygen atoms in total. The molecule has 2 aromatic heterocycles. The second-order valence-electron chi connectivity index (χ2n) is 5.22. The second kappa shape index (κ2) is 3.70. The molecule has 0 N–H and O–H groups in total. The molecule has 0 radical (unpaired) electrons. The lowest BCUT2D eigenvalue weighted by Crippen LogP contribution is -1.95.